The third-order valence-electron chi connectivity index (χ3n) is 4.61. The van der Waals surface area contributed by atoms with E-state index in [1.807, 2.05) is 0 Å². The van der Waals surface area contributed by atoms with Crippen molar-refractivity contribution in [2.24, 2.45) is 12.8 Å². The van der Waals surface area contributed by atoms with Crippen molar-refractivity contribution in [3.63, 3.8) is 0 Å². The third-order valence-corrected chi connectivity index (χ3v) is 6.85. The van der Waals surface area contributed by atoms with Gasteiger partial charge in [0, 0.05) is 7.05 Å². The van der Waals surface area contributed by atoms with Crippen LogP contribution in [0.25, 0.3) is 0 Å². The molecule has 3 N–H and O–H groups in total. The molecule has 35 heavy (non-hydrogen) atoms. The third kappa shape index (κ3) is 6.57. The van der Waals surface area contributed by atoms with Gasteiger partial charge in [0.15, 0.2) is 11.0 Å². The molecule has 0 fully saturated rings. The highest BCUT2D eigenvalue weighted by Crippen LogP contribution is 2.34. The fourth-order valence-corrected chi connectivity index (χ4v) is 4.72. The zero-order chi connectivity index (χ0) is 25.7. The van der Waals surface area contributed by atoms with E-state index in [9.17, 15) is 18.8 Å². The Hall–Kier alpha value is -3.45. The SMILES string of the molecule is Cc1c(C(N)=O)sc(NC(=O)CSc2nnc(COc3ccc(F)cc3)n2C)c1C(=O)OC(C)C. The summed E-state index contributed by atoms with van der Waals surface area (Å²) in [6.07, 6.45) is -0.380. The van der Waals surface area contributed by atoms with Crippen LogP contribution in [0.1, 0.15) is 45.3 Å². The van der Waals surface area contributed by atoms with Gasteiger partial charge in [-0.15, -0.1) is 21.5 Å². The van der Waals surface area contributed by atoms with Gasteiger partial charge in [0.2, 0.25) is 5.91 Å². The lowest BCUT2D eigenvalue weighted by atomic mass is 10.1. The molecule has 3 aromatic rings. The number of halogens is 1. The van der Waals surface area contributed by atoms with Crippen LogP contribution in [0.3, 0.4) is 0 Å². The molecule has 0 atom stereocenters. The van der Waals surface area contributed by atoms with Gasteiger partial charge < -0.3 is 25.1 Å². The molecule has 2 amide bonds. The molecule has 0 saturated carbocycles. The number of rotatable bonds is 10. The van der Waals surface area contributed by atoms with Crippen LogP contribution in [-0.2, 0) is 23.2 Å². The monoisotopic (exact) mass is 521 g/mol. The van der Waals surface area contributed by atoms with E-state index >= 15 is 0 Å². The molecule has 13 heteroatoms. The van der Waals surface area contributed by atoms with E-state index in [-0.39, 0.29) is 39.7 Å². The van der Waals surface area contributed by atoms with E-state index in [1.165, 1.54) is 24.3 Å². The summed E-state index contributed by atoms with van der Waals surface area (Å²) < 4.78 is 25.5. The molecule has 0 unspecified atom stereocenters. The molecule has 0 saturated heterocycles. The first-order valence-corrected chi connectivity index (χ1v) is 12.2. The van der Waals surface area contributed by atoms with Crippen molar-refractivity contribution in [2.75, 3.05) is 11.1 Å². The molecule has 10 nitrogen and oxygen atoms in total. The summed E-state index contributed by atoms with van der Waals surface area (Å²) in [5, 5.41) is 11.5. The molecule has 3 rings (SSSR count). The molecule has 0 spiro atoms. The zero-order valence-electron chi connectivity index (χ0n) is 19.5. The van der Waals surface area contributed by atoms with Gasteiger partial charge in [0.1, 0.15) is 23.2 Å². The number of hydrogen-bond acceptors (Lipinski definition) is 9. The summed E-state index contributed by atoms with van der Waals surface area (Å²) in [6.45, 7) is 5.08. The van der Waals surface area contributed by atoms with Gasteiger partial charge in [0.05, 0.1) is 22.3 Å². The topological polar surface area (TPSA) is 138 Å². The van der Waals surface area contributed by atoms with Gasteiger partial charge in [-0.05, 0) is 50.6 Å². The van der Waals surface area contributed by atoms with Gasteiger partial charge >= 0.3 is 5.97 Å². The Balaban J connectivity index is 1.64. The summed E-state index contributed by atoms with van der Waals surface area (Å²) in [5.41, 5.74) is 5.87. The zero-order valence-corrected chi connectivity index (χ0v) is 21.1. The number of aromatic nitrogens is 3. The van der Waals surface area contributed by atoms with Crippen LogP contribution in [0.15, 0.2) is 29.4 Å². The van der Waals surface area contributed by atoms with Crippen molar-refractivity contribution in [1.29, 1.82) is 0 Å². The number of nitrogens with one attached hydrogen (secondary N) is 1. The number of carbonyl (C=O) groups excluding carboxylic acids is 3. The maximum atomic E-state index is 13.0. The maximum Gasteiger partial charge on any atom is 0.341 e. The Bertz CT molecular complexity index is 1240. The lowest BCUT2D eigenvalue weighted by Gasteiger charge is -2.10. The smallest absolute Gasteiger partial charge is 0.341 e. The molecule has 2 heterocycles. The number of anilines is 1. The van der Waals surface area contributed by atoms with Gasteiger partial charge in [-0.25, -0.2) is 9.18 Å². The summed E-state index contributed by atoms with van der Waals surface area (Å²) in [4.78, 5) is 37.1. The van der Waals surface area contributed by atoms with E-state index in [2.05, 4.69) is 15.5 Å². The van der Waals surface area contributed by atoms with Crippen LogP contribution in [0.2, 0.25) is 0 Å². The molecule has 186 valence electrons. The second kappa shape index (κ2) is 11.3. The van der Waals surface area contributed by atoms with Crippen LogP contribution in [0.4, 0.5) is 9.39 Å². The van der Waals surface area contributed by atoms with Crippen LogP contribution in [0.5, 0.6) is 5.75 Å². The highest BCUT2D eigenvalue weighted by atomic mass is 32.2. The molecule has 0 aliphatic carbocycles. The molecular weight excluding hydrogens is 497 g/mol. The number of benzene rings is 1. The van der Waals surface area contributed by atoms with Gasteiger partial charge in [-0.3, -0.25) is 9.59 Å². The van der Waals surface area contributed by atoms with Crippen molar-refractivity contribution < 1.29 is 28.2 Å². The molecular formula is C22H24FN5O5S2. The highest BCUT2D eigenvalue weighted by molar-refractivity contribution is 7.99. The molecule has 2 aromatic heterocycles. The first kappa shape index (κ1) is 26.2. The van der Waals surface area contributed by atoms with E-state index in [1.54, 1.807) is 32.4 Å². The Morgan fingerprint density at radius 1 is 1.23 bits per heavy atom. The lowest BCUT2D eigenvalue weighted by molar-refractivity contribution is -0.113. The Kier molecular flexibility index (Phi) is 8.46. The fourth-order valence-electron chi connectivity index (χ4n) is 2.92. The molecule has 0 radical (unpaired) electrons. The normalized spacial score (nSPS) is 10.9. The minimum absolute atomic E-state index is 0.0354. The molecule has 1 aromatic carbocycles. The van der Waals surface area contributed by atoms with Crippen LogP contribution in [-0.4, -0.2) is 44.4 Å². The number of primary amides is 1. The number of nitrogens with zero attached hydrogens (tertiary/aromatic N) is 3. The molecule has 0 bridgehead atoms. The summed E-state index contributed by atoms with van der Waals surface area (Å²) in [5.74, 6) is -1.17. The fraction of sp³-hybridized carbons (Fsp3) is 0.318. The van der Waals surface area contributed by atoms with Crippen molar-refractivity contribution >= 4 is 45.9 Å². The van der Waals surface area contributed by atoms with Crippen LogP contribution < -0.4 is 15.8 Å². The average molecular weight is 522 g/mol. The predicted octanol–water partition coefficient (Wildman–Crippen LogP) is 3.30. The lowest BCUT2D eigenvalue weighted by Crippen LogP contribution is -2.18. The number of nitrogens with two attached hydrogens (primary N) is 1. The highest BCUT2D eigenvalue weighted by Gasteiger charge is 2.26. The van der Waals surface area contributed by atoms with Gasteiger partial charge in [-0.1, -0.05) is 11.8 Å². The largest absolute Gasteiger partial charge is 0.486 e. The molecule has 0 aliphatic heterocycles. The second-order valence-corrected chi connectivity index (χ2v) is 9.58. The maximum absolute atomic E-state index is 13.0. The number of hydrogen-bond donors (Lipinski definition) is 2. The van der Waals surface area contributed by atoms with Crippen LogP contribution >= 0.6 is 23.1 Å². The summed E-state index contributed by atoms with van der Waals surface area (Å²) >= 11 is 2.05. The van der Waals surface area contributed by atoms with Gasteiger partial charge in [0.25, 0.3) is 5.91 Å². The first-order chi connectivity index (χ1) is 16.6. The number of ether oxygens (including phenoxy) is 2. The van der Waals surface area contributed by atoms with E-state index in [0.717, 1.165) is 23.1 Å². The minimum Gasteiger partial charge on any atom is -0.486 e. The van der Waals surface area contributed by atoms with E-state index in [4.69, 9.17) is 15.2 Å². The first-order valence-electron chi connectivity index (χ1n) is 10.4. The standard InChI is InChI=1S/C22H24FN5O5S2/c1-11(2)33-21(31)17-12(3)18(19(24)30)35-20(17)25-16(29)10-34-22-27-26-15(28(22)4)9-32-14-7-5-13(23)6-8-14/h5-8,11H,9-10H2,1-4H3,(H2,24,30)(H,25,29). The van der Waals surface area contributed by atoms with Crippen molar-refractivity contribution in [1.82, 2.24) is 14.8 Å². The second-order valence-electron chi connectivity index (χ2n) is 7.62. The van der Waals surface area contributed by atoms with Gasteiger partial charge in [-0.2, -0.15) is 0 Å². The van der Waals surface area contributed by atoms with Crippen LogP contribution in [0, 0.1) is 12.7 Å². The Labute approximate surface area is 209 Å². The predicted molar refractivity (Wildman–Crippen MR) is 129 cm³/mol. The van der Waals surface area contributed by atoms with E-state index < -0.39 is 17.8 Å². The number of thiophene rings is 1. The van der Waals surface area contributed by atoms with Crippen molar-refractivity contribution in [2.45, 2.75) is 38.6 Å². The van der Waals surface area contributed by atoms with Crippen molar-refractivity contribution in [3.8, 4) is 5.75 Å². The Morgan fingerprint density at radius 3 is 2.54 bits per heavy atom. The average Bonchev–Trinajstić information content (AvgIpc) is 3.30. The number of carbonyl (C=O) groups is 3. The minimum atomic E-state index is -0.699. The summed E-state index contributed by atoms with van der Waals surface area (Å²) in [6, 6.07) is 5.60. The van der Waals surface area contributed by atoms with E-state index in [0.29, 0.717) is 22.3 Å². The summed E-state index contributed by atoms with van der Waals surface area (Å²) in [7, 11) is 1.73. The number of thioether (sulfide) groups is 1. The Morgan fingerprint density at radius 2 is 1.91 bits per heavy atom. The number of esters is 1. The van der Waals surface area contributed by atoms with Crippen molar-refractivity contribution in [3.05, 3.63) is 51.9 Å². The number of amides is 2. The quantitative estimate of drug-likeness (QED) is 0.306. The molecule has 0 aliphatic rings.